The summed E-state index contributed by atoms with van der Waals surface area (Å²) in [5.74, 6) is 0.00900. The van der Waals surface area contributed by atoms with Crippen LogP contribution in [0.15, 0.2) is 12.1 Å². The van der Waals surface area contributed by atoms with Gasteiger partial charge in [-0.1, -0.05) is 25.4 Å². The smallest absolute Gasteiger partial charge is 0.248 e. The number of thiophene rings is 1. The molecule has 1 saturated heterocycles. The average molecular weight is 329 g/mol. The van der Waals surface area contributed by atoms with E-state index in [0.717, 1.165) is 15.6 Å². The Balaban J connectivity index is 2.10. The summed E-state index contributed by atoms with van der Waals surface area (Å²) in [6, 6.07) is 3.87. The van der Waals surface area contributed by atoms with Crippen molar-refractivity contribution in [3.63, 3.8) is 0 Å². The number of hydrogen-bond acceptors (Lipinski definition) is 3. The van der Waals surface area contributed by atoms with E-state index in [-0.39, 0.29) is 11.8 Å². The molecule has 0 saturated carbocycles. The molecule has 0 bridgehead atoms. The molecule has 2 rings (SSSR count). The predicted octanol–water partition coefficient (Wildman–Crippen LogP) is 2.85. The van der Waals surface area contributed by atoms with Crippen molar-refractivity contribution >= 4 is 34.8 Å². The minimum Gasteiger partial charge on any atom is -0.342 e. The van der Waals surface area contributed by atoms with Gasteiger partial charge < -0.3 is 10.2 Å². The molecule has 1 N–H and O–H groups in total. The predicted molar refractivity (Wildman–Crippen MR) is 85.7 cm³/mol. The van der Waals surface area contributed by atoms with E-state index in [1.807, 2.05) is 30.9 Å². The number of carbonyl (C=O) groups is 2. The quantitative estimate of drug-likeness (QED) is 0.903. The van der Waals surface area contributed by atoms with Gasteiger partial charge in [0.1, 0.15) is 5.54 Å². The normalized spacial score (nSPS) is 18.5. The highest BCUT2D eigenvalue weighted by Gasteiger charge is 2.41. The average Bonchev–Trinajstić information content (AvgIpc) is 2.84. The molecule has 21 heavy (non-hydrogen) atoms. The van der Waals surface area contributed by atoms with E-state index < -0.39 is 5.54 Å². The molecule has 0 unspecified atom stereocenters. The van der Waals surface area contributed by atoms with Crippen LogP contribution in [0.4, 0.5) is 0 Å². The molecule has 2 amide bonds. The van der Waals surface area contributed by atoms with E-state index >= 15 is 0 Å². The van der Waals surface area contributed by atoms with E-state index in [1.165, 1.54) is 11.3 Å². The van der Waals surface area contributed by atoms with Crippen molar-refractivity contribution < 1.29 is 9.59 Å². The van der Waals surface area contributed by atoms with Crippen LogP contribution >= 0.6 is 22.9 Å². The molecule has 1 fully saturated rings. The Kier molecular flexibility index (Phi) is 5.27. The molecule has 116 valence electrons. The van der Waals surface area contributed by atoms with Gasteiger partial charge in [0.2, 0.25) is 11.8 Å². The Morgan fingerprint density at radius 1 is 1.33 bits per heavy atom. The van der Waals surface area contributed by atoms with E-state index in [0.29, 0.717) is 32.4 Å². The molecule has 1 aliphatic rings. The lowest BCUT2D eigenvalue weighted by Gasteiger charge is -2.33. The largest absolute Gasteiger partial charge is 0.342 e. The number of carbonyl (C=O) groups excluding carboxylic acids is 2. The molecule has 1 aromatic rings. The van der Waals surface area contributed by atoms with Crippen LogP contribution in [0.2, 0.25) is 4.34 Å². The second-order valence-electron chi connectivity index (χ2n) is 5.34. The van der Waals surface area contributed by atoms with Crippen LogP contribution in [0, 0.1) is 0 Å². The zero-order chi connectivity index (χ0) is 15.5. The molecule has 1 aromatic heterocycles. The Labute approximate surface area is 134 Å². The minimum absolute atomic E-state index is 0.0336. The van der Waals surface area contributed by atoms with Crippen molar-refractivity contribution in [3.8, 4) is 0 Å². The van der Waals surface area contributed by atoms with Gasteiger partial charge in [-0.15, -0.1) is 11.3 Å². The van der Waals surface area contributed by atoms with E-state index in [4.69, 9.17) is 11.6 Å². The third kappa shape index (κ3) is 3.58. The van der Waals surface area contributed by atoms with Gasteiger partial charge in [0.05, 0.1) is 4.34 Å². The van der Waals surface area contributed by atoms with Gasteiger partial charge in [-0.05, 0) is 31.4 Å². The molecule has 4 nitrogen and oxygen atoms in total. The first kappa shape index (κ1) is 16.3. The maximum absolute atomic E-state index is 12.8. The fraction of sp³-hybridized carbons (Fsp3) is 0.600. The van der Waals surface area contributed by atoms with Crippen LogP contribution in [0.3, 0.4) is 0 Å². The number of halogens is 1. The molecule has 0 aromatic carbocycles. The van der Waals surface area contributed by atoms with Crippen molar-refractivity contribution in [1.29, 1.82) is 0 Å². The summed E-state index contributed by atoms with van der Waals surface area (Å²) in [4.78, 5) is 27.6. The molecule has 0 spiro atoms. The van der Waals surface area contributed by atoms with Crippen LogP contribution in [0.5, 0.6) is 0 Å². The van der Waals surface area contributed by atoms with Gasteiger partial charge in [0.15, 0.2) is 0 Å². The first-order chi connectivity index (χ1) is 10.0. The fourth-order valence-electron chi connectivity index (χ4n) is 2.70. The van der Waals surface area contributed by atoms with Crippen molar-refractivity contribution in [2.45, 2.75) is 45.1 Å². The molecule has 0 radical (unpaired) electrons. The minimum atomic E-state index is -0.735. The Morgan fingerprint density at radius 2 is 2.05 bits per heavy atom. The monoisotopic (exact) mass is 328 g/mol. The Hall–Kier alpha value is -1.07. The highest BCUT2D eigenvalue weighted by atomic mass is 35.5. The van der Waals surface area contributed by atoms with Crippen LogP contribution in [0.1, 0.15) is 38.0 Å². The third-order valence-electron chi connectivity index (χ3n) is 4.15. The van der Waals surface area contributed by atoms with Gasteiger partial charge in [0.25, 0.3) is 0 Å². The van der Waals surface area contributed by atoms with Gasteiger partial charge >= 0.3 is 0 Å². The standard InChI is InChI=1S/C15H21ClN2O2S/c1-3-15(4-2)14(20)18(10-8-13(19)17-15)9-7-11-5-6-12(16)21-11/h5-6H,3-4,7-10H2,1-2H3,(H,17,19). The third-order valence-corrected chi connectivity index (χ3v) is 5.44. The fourth-order valence-corrected chi connectivity index (χ4v) is 3.77. The summed E-state index contributed by atoms with van der Waals surface area (Å²) in [5.41, 5.74) is -0.735. The number of amides is 2. The SMILES string of the molecule is CCC1(CC)NC(=O)CCN(CCc2ccc(Cl)s2)C1=O. The number of rotatable bonds is 5. The van der Waals surface area contributed by atoms with Gasteiger partial charge in [-0.3, -0.25) is 9.59 Å². The summed E-state index contributed by atoms with van der Waals surface area (Å²) in [6.45, 7) is 5.02. The molecular weight excluding hydrogens is 308 g/mol. The van der Waals surface area contributed by atoms with Crippen LogP contribution in [0.25, 0.3) is 0 Å². The zero-order valence-corrected chi connectivity index (χ0v) is 14.0. The molecular formula is C15H21ClN2O2S. The highest BCUT2D eigenvalue weighted by molar-refractivity contribution is 7.16. The summed E-state index contributed by atoms with van der Waals surface area (Å²) in [5, 5.41) is 2.93. The van der Waals surface area contributed by atoms with Crippen LogP contribution < -0.4 is 5.32 Å². The molecule has 2 heterocycles. The number of hydrogen-bond donors (Lipinski definition) is 1. The first-order valence-corrected chi connectivity index (χ1v) is 8.55. The lowest BCUT2D eigenvalue weighted by atomic mass is 9.91. The lowest BCUT2D eigenvalue weighted by molar-refractivity contribution is -0.139. The van der Waals surface area contributed by atoms with Gasteiger partial charge in [-0.2, -0.15) is 0 Å². The van der Waals surface area contributed by atoms with E-state index in [1.54, 1.807) is 0 Å². The van der Waals surface area contributed by atoms with Crippen molar-refractivity contribution in [2.75, 3.05) is 13.1 Å². The number of nitrogens with one attached hydrogen (secondary N) is 1. The van der Waals surface area contributed by atoms with Gasteiger partial charge in [-0.25, -0.2) is 0 Å². The summed E-state index contributed by atoms with van der Waals surface area (Å²) in [6.07, 6.45) is 2.39. The summed E-state index contributed by atoms with van der Waals surface area (Å²) in [7, 11) is 0. The Morgan fingerprint density at radius 3 is 2.62 bits per heavy atom. The van der Waals surface area contributed by atoms with E-state index in [9.17, 15) is 9.59 Å². The van der Waals surface area contributed by atoms with E-state index in [2.05, 4.69) is 5.32 Å². The number of nitrogens with zero attached hydrogens (tertiary/aromatic N) is 1. The lowest BCUT2D eigenvalue weighted by Crippen LogP contribution is -2.56. The maximum atomic E-state index is 12.8. The maximum Gasteiger partial charge on any atom is 0.248 e. The van der Waals surface area contributed by atoms with Gasteiger partial charge in [0, 0.05) is 24.4 Å². The van der Waals surface area contributed by atoms with Crippen molar-refractivity contribution in [3.05, 3.63) is 21.3 Å². The second-order valence-corrected chi connectivity index (χ2v) is 7.14. The first-order valence-electron chi connectivity index (χ1n) is 7.35. The summed E-state index contributed by atoms with van der Waals surface area (Å²) >= 11 is 7.47. The Bertz CT molecular complexity index is 525. The highest BCUT2D eigenvalue weighted by Crippen LogP contribution is 2.24. The van der Waals surface area contributed by atoms with Crippen molar-refractivity contribution in [1.82, 2.24) is 10.2 Å². The molecule has 0 atom stereocenters. The molecule has 6 heteroatoms. The topological polar surface area (TPSA) is 49.4 Å². The zero-order valence-electron chi connectivity index (χ0n) is 12.4. The molecule has 1 aliphatic heterocycles. The summed E-state index contributed by atoms with van der Waals surface area (Å²) < 4.78 is 0.764. The second kappa shape index (κ2) is 6.79. The van der Waals surface area contributed by atoms with Crippen LogP contribution in [-0.2, 0) is 16.0 Å². The van der Waals surface area contributed by atoms with Crippen LogP contribution in [-0.4, -0.2) is 35.3 Å². The molecule has 0 aliphatic carbocycles. The van der Waals surface area contributed by atoms with Crippen molar-refractivity contribution in [2.24, 2.45) is 0 Å².